The maximum absolute atomic E-state index is 4.87. The molecule has 0 aromatic rings. The van der Waals surface area contributed by atoms with Crippen LogP contribution in [-0.4, -0.2) is 18.8 Å². The summed E-state index contributed by atoms with van der Waals surface area (Å²) in [6.45, 7) is 0. The van der Waals surface area contributed by atoms with Crippen LogP contribution in [0.15, 0.2) is 0 Å². The van der Waals surface area contributed by atoms with Gasteiger partial charge >= 0.3 is 0 Å². The summed E-state index contributed by atoms with van der Waals surface area (Å²) in [5.74, 6) is 0. The van der Waals surface area contributed by atoms with Crippen LogP contribution in [-0.2, 0) is 0 Å². The summed E-state index contributed by atoms with van der Waals surface area (Å²) in [6, 6.07) is 0. The number of hydrogen-bond donors (Lipinski definition) is 0. The van der Waals surface area contributed by atoms with Gasteiger partial charge in [0.2, 0.25) is 0 Å². The van der Waals surface area contributed by atoms with Crippen molar-refractivity contribution in [2.45, 2.75) is 0 Å². The SMILES string of the molecule is C#C[SiH2][SiH3]. The Hall–Kier alpha value is -0.00623. The summed E-state index contributed by atoms with van der Waals surface area (Å²) in [4.78, 5) is 0. The Morgan fingerprint density at radius 2 is 2.25 bits per heavy atom. The van der Waals surface area contributed by atoms with Crippen LogP contribution in [0.2, 0.25) is 0 Å². The molecule has 0 aliphatic rings. The summed E-state index contributed by atoms with van der Waals surface area (Å²) >= 11 is 0. The molecule has 0 saturated heterocycles. The van der Waals surface area contributed by atoms with Crippen LogP contribution < -0.4 is 0 Å². The standard InChI is InChI=1S/C2H6Si2/c1-2-4-3/h1H,4H2,3H3. The van der Waals surface area contributed by atoms with Gasteiger partial charge in [-0.3, -0.25) is 0 Å². The molecule has 2 heteroatoms. The van der Waals surface area contributed by atoms with Crippen LogP contribution in [0.4, 0.5) is 0 Å². The topological polar surface area (TPSA) is 0 Å². The van der Waals surface area contributed by atoms with Crippen LogP contribution in [0.3, 0.4) is 0 Å². The average molecular weight is 86.2 g/mol. The largest absolute Gasteiger partial charge is 0.147 e. The molecule has 0 N–H and O–H groups in total. The van der Waals surface area contributed by atoms with Crippen molar-refractivity contribution >= 4 is 18.8 Å². The van der Waals surface area contributed by atoms with E-state index in [1.165, 1.54) is 9.76 Å². The van der Waals surface area contributed by atoms with Crippen molar-refractivity contribution in [1.29, 1.82) is 0 Å². The Morgan fingerprint density at radius 1 is 2.00 bits per heavy atom. The van der Waals surface area contributed by atoms with E-state index in [1.807, 2.05) is 0 Å². The molecule has 0 saturated carbocycles. The molecule has 0 unspecified atom stereocenters. The number of hydrogen-bond acceptors (Lipinski definition) is 0. The Balaban J connectivity index is 2.43. The van der Waals surface area contributed by atoms with Crippen molar-refractivity contribution in [2.24, 2.45) is 0 Å². The molecule has 0 bridgehead atoms. The third-order valence-electron chi connectivity index (χ3n) is 0.204. The van der Waals surface area contributed by atoms with E-state index >= 15 is 0 Å². The highest BCUT2D eigenvalue weighted by atomic mass is 29.1. The minimum Gasteiger partial charge on any atom is -0.147 e. The van der Waals surface area contributed by atoms with Crippen molar-refractivity contribution < 1.29 is 0 Å². The van der Waals surface area contributed by atoms with Gasteiger partial charge in [-0.15, -0.1) is 12.0 Å². The second-order valence-electron chi connectivity index (χ2n) is 0.558. The molecule has 0 spiro atoms. The van der Waals surface area contributed by atoms with E-state index in [1.54, 1.807) is 0 Å². The van der Waals surface area contributed by atoms with Gasteiger partial charge in [-0.2, -0.15) is 0 Å². The lowest BCUT2D eigenvalue weighted by atomic mass is 11.4. The minimum atomic E-state index is 0.0910. The van der Waals surface area contributed by atoms with E-state index < -0.39 is 0 Å². The van der Waals surface area contributed by atoms with Gasteiger partial charge in [0.05, 0.1) is 9.04 Å². The van der Waals surface area contributed by atoms with E-state index in [-0.39, 0.29) is 9.04 Å². The first kappa shape index (κ1) is 3.99. The monoisotopic (exact) mass is 86.0 g/mol. The predicted molar refractivity (Wildman–Crippen MR) is 27.3 cm³/mol. The second-order valence-corrected chi connectivity index (χ2v) is 3.79. The van der Waals surface area contributed by atoms with Gasteiger partial charge in [0, 0.05) is 9.76 Å². The Bertz CT molecular complexity index is 33.8. The smallest absolute Gasteiger partial charge is 0.0879 e. The number of rotatable bonds is 0. The van der Waals surface area contributed by atoms with Crippen molar-refractivity contribution in [3.63, 3.8) is 0 Å². The molecule has 0 aliphatic heterocycles. The summed E-state index contributed by atoms with van der Waals surface area (Å²) in [6.07, 6.45) is 4.87. The zero-order chi connectivity index (χ0) is 3.41. The third kappa shape index (κ3) is 1.99. The van der Waals surface area contributed by atoms with Crippen LogP contribution in [0.5, 0.6) is 0 Å². The lowest BCUT2D eigenvalue weighted by Crippen LogP contribution is -1.75. The maximum Gasteiger partial charge on any atom is 0.0879 e. The Kier molecular flexibility index (Phi) is 2.99. The Morgan fingerprint density at radius 3 is 2.25 bits per heavy atom. The second kappa shape index (κ2) is 2.99. The normalized spacial score (nSPS) is 8.75. The van der Waals surface area contributed by atoms with Crippen molar-refractivity contribution in [3.05, 3.63) is 0 Å². The fourth-order valence-electron chi connectivity index (χ4n) is 0. The van der Waals surface area contributed by atoms with E-state index in [9.17, 15) is 0 Å². The summed E-state index contributed by atoms with van der Waals surface area (Å²) < 4.78 is 0. The van der Waals surface area contributed by atoms with Gasteiger partial charge in [0.15, 0.2) is 0 Å². The van der Waals surface area contributed by atoms with Crippen molar-refractivity contribution in [2.75, 3.05) is 0 Å². The van der Waals surface area contributed by atoms with E-state index in [0.717, 1.165) is 0 Å². The van der Waals surface area contributed by atoms with Crippen LogP contribution in [0, 0.1) is 12.0 Å². The highest BCUT2D eigenvalue weighted by Gasteiger charge is 1.48. The van der Waals surface area contributed by atoms with Crippen molar-refractivity contribution in [3.8, 4) is 12.0 Å². The molecule has 4 heavy (non-hydrogen) atoms. The molecule has 0 rings (SSSR count). The molecule has 0 aliphatic carbocycles. The first-order valence-corrected chi connectivity index (χ1v) is 7.71. The summed E-state index contributed by atoms with van der Waals surface area (Å²) in [5.41, 5.74) is 2.63. The average Bonchev–Trinajstić information content (AvgIpc) is 1.37. The van der Waals surface area contributed by atoms with Gasteiger partial charge in [-0.1, -0.05) is 0 Å². The fraction of sp³-hybridized carbons (Fsp3) is 0. The molecule has 0 nitrogen and oxygen atoms in total. The van der Waals surface area contributed by atoms with E-state index in [2.05, 4.69) is 5.54 Å². The first-order chi connectivity index (χ1) is 1.91. The molecule has 22 valence electrons. The van der Waals surface area contributed by atoms with Crippen LogP contribution in [0.25, 0.3) is 0 Å². The number of terminal acetylenes is 1. The quantitative estimate of drug-likeness (QED) is 0.237. The zero-order valence-electron chi connectivity index (χ0n) is 2.78. The van der Waals surface area contributed by atoms with Gasteiger partial charge in [-0.05, 0) is 0 Å². The molecule has 0 aromatic carbocycles. The third-order valence-corrected chi connectivity index (χ3v) is 1.84. The zero-order valence-corrected chi connectivity index (χ0v) is 6.20. The van der Waals surface area contributed by atoms with Crippen LogP contribution in [0.1, 0.15) is 0 Å². The van der Waals surface area contributed by atoms with Crippen molar-refractivity contribution in [1.82, 2.24) is 0 Å². The van der Waals surface area contributed by atoms with E-state index in [0.29, 0.717) is 0 Å². The minimum absolute atomic E-state index is 0.0910. The summed E-state index contributed by atoms with van der Waals surface area (Å²) in [7, 11) is 1.38. The van der Waals surface area contributed by atoms with Gasteiger partial charge in [0.1, 0.15) is 0 Å². The van der Waals surface area contributed by atoms with Crippen LogP contribution >= 0.6 is 0 Å². The van der Waals surface area contributed by atoms with Gasteiger partial charge in [0.25, 0.3) is 0 Å². The molecule has 0 atom stereocenters. The lowest BCUT2D eigenvalue weighted by molar-refractivity contribution is 3.06. The molecular formula is C2H6Si2. The maximum atomic E-state index is 4.87. The molecule has 0 amide bonds. The molecule has 0 fully saturated rings. The summed E-state index contributed by atoms with van der Waals surface area (Å²) in [5, 5.41) is 0. The molecule has 0 aromatic heterocycles. The predicted octanol–water partition coefficient (Wildman–Crippen LogP) is -1.97. The van der Waals surface area contributed by atoms with Gasteiger partial charge in [-0.25, -0.2) is 0 Å². The first-order valence-electron chi connectivity index (χ1n) is 1.35. The molecule has 0 heterocycles. The molecule has 0 radical (unpaired) electrons. The highest BCUT2D eigenvalue weighted by Crippen LogP contribution is 1.25. The lowest BCUT2D eigenvalue weighted by Gasteiger charge is -1.49. The Labute approximate surface area is 31.6 Å². The fourth-order valence-corrected chi connectivity index (χ4v) is 0. The van der Waals surface area contributed by atoms with Gasteiger partial charge < -0.3 is 0 Å². The molecular weight excluding hydrogens is 80.2 g/mol. The van der Waals surface area contributed by atoms with E-state index in [4.69, 9.17) is 6.42 Å². The highest BCUT2D eigenvalue weighted by molar-refractivity contribution is 6.94.